The van der Waals surface area contributed by atoms with Gasteiger partial charge in [0.15, 0.2) is 0 Å². The number of methoxy groups -OCH3 is 1. The second-order valence-electron chi connectivity index (χ2n) is 3.73. The van der Waals surface area contributed by atoms with E-state index in [2.05, 4.69) is 4.74 Å². The third kappa shape index (κ3) is 3.88. The van der Waals surface area contributed by atoms with Gasteiger partial charge in [0.1, 0.15) is 0 Å². The van der Waals surface area contributed by atoms with E-state index in [1.165, 1.54) is 12.9 Å². The van der Waals surface area contributed by atoms with E-state index < -0.39 is 0 Å². The Bertz CT molecular complexity index is 187. The van der Waals surface area contributed by atoms with Gasteiger partial charge in [-0.05, 0) is 36.7 Å². The molecule has 1 saturated heterocycles. The summed E-state index contributed by atoms with van der Waals surface area (Å²) in [5.74, 6) is 2.73. The van der Waals surface area contributed by atoms with Crippen LogP contribution < -0.4 is 5.73 Å². The van der Waals surface area contributed by atoms with Crippen LogP contribution in [-0.2, 0) is 9.53 Å². The molecule has 1 aliphatic rings. The molecule has 1 heterocycles. The summed E-state index contributed by atoms with van der Waals surface area (Å²) in [4.78, 5) is 11.0. The summed E-state index contributed by atoms with van der Waals surface area (Å²) in [6, 6.07) is 0.273. The molecule has 0 bridgehead atoms. The number of nitrogens with two attached hydrogens (primary N) is 1. The molecule has 0 aliphatic carbocycles. The van der Waals surface area contributed by atoms with Crippen LogP contribution >= 0.6 is 11.8 Å². The lowest BCUT2D eigenvalue weighted by atomic mass is 9.91. The van der Waals surface area contributed by atoms with Gasteiger partial charge >= 0.3 is 5.97 Å². The van der Waals surface area contributed by atoms with Crippen LogP contribution in [0.4, 0.5) is 0 Å². The number of ether oxygens (including phenoxy) is 1. The minimum Gasteiger partial charge on any atom is -0.469 e. The molecular weight excluding hydrogens is 198 g/mol. The molecule has 82 valence electrons. The van der Waals surface area contributed by atoms with Crippen molar-refractivity contribution in [2.24, 2.45) is 11.7 Å². The smallest absolute Gasteiger partial charge is 0.305 e. The van der Waals surface area contributed by atoms with Crippen molar-refractivity contribution in [1.29, 1.82) is 0 Å². The van der Waals surface area contributed by atoms with Crippen LogP contribution in [0, 0.1) is 5.92 Å². The van der Waals surface area contributed by atoms with Crippen molar-refractivity contribution in [3.05, 3.63) is 0 Å². The van der Waals surface area contributed by atoms with Crippen LogP contribution in [0.3, 0.4) is 0 Å². The predicted molar refractivity (Wildman–Crippen MR) is 59.3 cm³/mol. The summed E-state index contributed by atoms with van der Waals surface area (Å²) in [6.45, 7) is 0. The van der Waals surface area contributed by atoms with E-state index in [4.69, 9.17) is 5.73 Å². The molecule has 0 amide bonds. The first-order valence-corrected chi connectivity index (χ1v) is 6.29. The summed E-state index contributed by atoms with van der Waals surface area (Å²) < 4.78 is 4.62. The first-order valence-electron chi connectivity index (χ1n) is 5.14. The van der Waals surface area contributed by atoms with Crippen LogP contribution in [0.5, 0.6) is 0 Å². The van der Waals surface area contributed by atoms with Gasteiger partial charge < -0.3 is 10.5 Å². The summed E-state index contributed by atoms with van der Waals surface area (Å²) in [7, 11) is 1.44. The molecule has 1 fully saturated rings. The SMILES string of the molecule is COC(=O)CC[C@H]1CCSCC[C@H]1N. The predicted octanol–water partition coefficient (Wildman–Crippen LogP) is 1.41. The lowest BCUT2D eigenvalue weighted by molar-refractivity contribution is -0.141. The van der Waals surface area contributed by atoms with E-state index in [-0.39, 0.29) is 12.0 Å². The highest BCUT2D eigenvalue weighted by atomic mass is 32.2. The monoisotopic (exact) mass is 217 g/mol. The fraction of sp³-hybridized carbons (Fsp3) is 0.900. The van der Waals surface area contributed by atoms with Gasteiger partial charge in [0.05, 0.1) is 7.11 Å². The standard InChI is InChI=1S/C10H19NO2S/c1-13-10(12)3-2-8-4-6-14-7-5-9(8)11/h8-9H,2-7,11H2,1H3/t8-,9+/m0/s1. The zero-order chi connectivity index (χ0) is 10.4. The molecule has 4 heteroatoms. The number of thioether (sulfide) groups is 1. The molecule has 0 aromatic rings. The molecule has 1 rings (SSSR count). The zero-order valence-corrected chi connectivity index (χ0v) is 9.52. The molecule has 0 radical (unpaired) electrons. The van der Waals surface area contributed by atoms with Gasteiger partial charge in [-0.2, -0.15) is 11.8 Å². The second-order valence-corrected chi connectivity index (χ2v) is 4.95. The van der Waals surface area contributed by atoms with Gasteiger partial charge in [-0.25, -0.2) is 0 Å². The highest BCUT2D eigenvalue weighted by molar-refractivity contribution is 7.99. The van der Waals surface area contributed by atoms with E-state index in [1.807, 2.05) is 11.8 Å². The van der Waals surface area contributed by atoms with E-state index in [0.29, 0.717) is 12.3 Å². The Morgan fingerprint density at radius 1 is 1.50 bits per heavy atom. The van der Waals surface area contributed by atoms with Crippen molar-refractivity contribution in [3.8, 4) is 0 Å². The fourth-order valence-corrected chi connectivity index (χ4v) is 2.88. The molecule has 2 N–H and O–H groups in total. The van der Waals surface area contributed by atoms with Gasteiger partial charge in [-0.15, -0.1) is 0 Å². The van der Waals surface area contributed by atoms with E-state index >= 15 is 0 Å². The Labute approximate surface area is 89.8 Å². The minimum atomic E-state index is -0.117. The number of rotatable bonds is 3. The average Bonchev–Trinajstić information content (AvgIpc) is 2.39. The maximum absolute atomic E-state index is 11.0. The summed E-state index contributed by atoms with van der Waals surface area (Å²) in [6.07, 6.45) is 3.62. The number of carbonyl (C=O) groups excluding carboxylic acids is 1. The molecule has 0 aromatic heterocycles. The Morgan fingerprint density at radius 2 is 2.21 bits per heavy atom. The number of carbonyl (C=O) groups is 1. The van der Waals surface area contributed by atoms with Crippen molar-refractivity contribution in [2.45, 2.75) is 31.7 Å². The molecule has 1 aliphatic heterocycles. The number of hydrogen-bond acceptors (Lipinski definition) is 4. The van der Waals surface area contributed by atoms with Crippen molar-refractivity contribution >= 4 is 17.7 Å². The van der Waals surface area contributed by atoms with Gasteiger partial charge in [0.25, 0.3) is 0 Å². The molecule has 3 nitrogen and oxygen atoms in total. The first kappa shape index (κ1) is 11.9. The van der Waals surface area contributed by atoms with Crippen molar-refractivity contribution in [2.75, 3.05) is 18.6 Å². The Kier molecular flexibility index (Phi) is 5.33. The van der Waals surface area contributed by atoms with Gasteiger partial charge in [0.2, 0.25) is 0 Å². The fourth-order valence-electron chi connectivity index (χ4n) is 1.77. The zero-order valence-electron chi connectivity index (χ0n) is 8.70. The van der Waals surface area contributed by atoms with E-state index in [9.17, 15) is 4.79 Å². The van der Waals surface area contributed by atoms with Crippen LogP contribution in [-0.4, -0.2) is 30.6 Å². The Morgan fingerprint density at radius 3 is 2.93 bits per heavy atom. The van der Waals surface area contributed by atoms with Crippen molar-refractivity contribution in [3.63, 3.8) is 0 Å². The van der Waals surface area contributed by atoms with Crippen LogP contribution in [0.15, 0.2) is 0 Å². The van der Waals surface area contributed by atoms with Gasteiger partial charge in [-0.1, -0.05) is 0 Å². The third-order valence-corrected chi connectivity index (χ3v) is 3.83. The van der Waals surface area contributed by atoms with E-state index in [1.54, 1.807) is 0 Å². The Hall–Kier alpha value is -0.220. The van der Waals surface area contributed by atoms with Crippen LogP contribution in [0.25, 0.3) is 0 Å². The van der Waals surface area contributed by atoms with Crippen LogP contribution in [0.1, 0.15) is 25.7 Å². The number of hydrogen-bond donors (Lipinski definition) is 1. The van der Waals surface area contributed by atoms with Crippen molar-refractivity contribution < 1.29 is 9.53 Å². The lowest BCUT2D eigenvalue weighted by Crippen LogP contribution is -2.30. The highest BCUT2D eigenvalue weighted by Crippen LogP contribution is 2.25. The van der Waals surface area contributed by atoms with Crippen molar-refractivity contribution in [1.82, 2.24) is 0 Å². The molecule has 0 spiro atoms. The summed E-state index contributed by atoms with van der Waals surface area (Å²) in [5.41, 5.74) is 6.04. The lowest BCUT2D eigenvalue weighted by Gasteiger charge is -2.19. The largest absolute Gasteiger partial charge is 0.469 e. The molecule has 0 unspecified atom stereocenters. The molecule has 14 heavy (non-hydrogen) atoms. The maximum atomic E-state index is 11.0. The van der Waals surface area contributed by atoms with Crippen LogP contribution in [0.2, 0.25) is 0 Å². The maximum Gasteiger partial charge on any atom is 0.305 e. The normalized spacial score (nSPS) is 28.1. The third-order valence-electron chi connectivity index (χ3n) is 2.78. The highest BCUT2D eigenvalue weighted by Gasteiger charge is 2.21. The first-order chi connectivity index (χ1) is 6.74. The quantitative estimate of drug-likeness (QED) is 0.726. The van der Waals surface area contributed by atoms with Gasteiger partial charge in [0, 0.05) is 12.5 Å². The average molecular weight is 217 g/mol. The minimum absolute atomic E-state index is 0.117. The number of esters is 1. The molecular formula is C10H19NO2S. The summed E-state index contributed by atoms with van der Waals surface area (Å²) >= 11 is 1.97. The summed E-state index contributed by atoms with van der Waals surface area (Å²) in [5, 5.41) is 0. The second kappa shape index (κ2) is 6.30. The Balaban J connectivity index is 2.29. The molecule has 2 atom stereocenters. The van der Waals surface area contributed by atoms with Gasteiger partial charge in [-0.3, -0.25) is 4.79 Å². The van der Waals surface area contributed by atoms with E-state index in [0.717, 1.165) is 25.0 Å². The molecule has 0 saturated carbocycles. The molecule has 0 aromatic carbocycles. The topological polar surface area (TPSA) is 52.3 Å².